The van der Waals surface area contributed by atoms with E-state index in [1.54, 1.807) is 0 Å². The third-order valence-electron chi connectivity index (χ3n) is 3.44. The predicted octanol–water partition coefficient (Wildman–Crippen LogP) is 1.89. The molecule has 1 saturated heterocycles. The van der Waals surface area contributed by atoms with Crippen molar-refractivity contribution >= 4 is 5.78 Å². The van der Waals surface area contributed by atoms with Crippen molar-refractivity contribution in [1.29, 1.82) is 0 Å². The number of hydrogen-bond donors (Lipinski definition) is 1. The summed E-state index contributed by atoms with van der Waals surface area (Å²) in [4.78, 5) is 11.7. The van der Waals surface area contributed by atoms with Crippen LogP contribution in [0.15, 0.2) is 0 Å². The van der Waals surface area contributed by atoms with Crippen molar-refractivity contribution in [2.45, 2.75) is 51.0 Å². The van der Waals surface area contributed by atoms with Crippen molar-refractivity contribution in [3.8, 4) is 0 Å². The first kappa shape index (κ1) is 9.20. The van der Waals surface area contributed by atoms with Crippen LogP contribution in [0.3, 0.4) is 0 Å². The third kappa shape index (κ3) is 2.11. The fourth-order valence-electron chi connectivity index (χ4n) is 2.66. The minimum absolute atomic E-state index is 0.356. The molecule has 0 bridgehead atoms. The number of carbonyl (C=O) groups excluding carboxylic acids is 1. The van der Waals surface area contributed by atoms with Crippen molar-refractivity contribution in [3.05, 3.63) is 0 Å². The van der Waals surface area contributed by atoms with Crippen molar-refractivity contribution in [1.82, 2.24) is 5.32 Å². The number of carbonyl (C=O) groups is 1. The summed E-state index contributed by atoms with van der Waals surface area (Å²) in [5, 5.41) is 3.50. The largest absolute Gasteiger partial charge is 0.313 e. The summed E-state index contributed by atoms with van der Waals surface area (Å²) >= 11 is 0. The maximum atomic E-state index is 11.7. The second-order valence-corrected chi connectivity index (χ2v) is 4.37. The molecule has 0 amide bonds. The zero-order valence-corrected chi connectivity index (χ0v) is 8.22. The molecule has 0 radical (unpaired) electrons. The van der Waals surface area contributed by atoms with E-state index >= 15 is 0 Å². The van der Waals surface area contributed by atoms with Crippen LogP contribution in [0, 0.1) is 5.92 Å². The van der Waals surface area contributed by atoms with Crippen LogP contribution >= 0.6 is 0 Å². The van der Waals surface area contributed by atoms with E-state index in [4.69, 9.17) is 0 Å². The SMILES string of the molecule is O=C1CCCCC1C1CCCCN1. The lowest BCUT2D eigenvalue weighted by Crippen LogP contribution is -2.44. The Labute approximate surface area is 80.1 Å². The number of hydrogen-bond acceptors (Lipinski definition) is 2. The molecule has 0 aromatic heterocycles. The predicted molar refractivity (Wildman–Crippen MR) is 52.6 cm³/mol. The smallest absolute Gasteiger partial charge is 0.137 e. The van der Waals surface area contributed by atoms with E-state index in [-0.39, 0.29) is 0 Å². The Morgan fingerprint density at radius 3 is 2.62 bits per heavy atom. The maximum Gasteiger partial charge on any atom is 0.137 e. The monoisotopic (exact) mass is 181 g/mol. The Hall–Kier alpha value is -0.370. The second-order valence-electron chi connectivity index (χ2n) is 4.37. The van der Waals surface area contributed by atoms with Crippen LogP contribution < -0.4 is 5.32 Å². The molecule has 2 unspecified atom stereocenters. The first-order chi connectivity index (χ1) is 6.38. The van der Waals surface area contributed by atoms with Gasteiger partial charge in [0, 0.05) is 18.4 Å². The van der Waals surface area contributed by atoms with Gasteiger partial charge in [0.15, 0.2) is 0 Å². The van der Waals surface area contributed by atoms with Crippen LogP contribution in [-0.2, 0) is 4.79 Å². The minimum atomic E-state index is 0.356. The second kappa shape index (κ2) is 4.23. The van der Waals surface area contributed by atoms with Gasteiger partial charge in [-0.05, 0) is 32.2 Å². The van der Waals surface area contributed by atoms with Gasteiger partial charge in [0.2, 0.25) is 0 Å². The fraction of sp³-hybridized carbons (Fsp3) is 0.909. The Morgan fingerprint density at radius 2 is 1.92 bits per heavy atom. The average molecular weight is 181 g/mol. The first-order valence-electron chi connectivity index (χ1n) is 5.64. The summed E-state index contributed by atoms with van der Waals surface area (Å²) in [6.45, 7) is 1.12. The summed E-state index contributed by atoms with van der Waals surface area (Å²) in [5.41, 5.74) is 0. The number of nitrogens with one attached hydrogen (secondary N) is 1. The van der Waals surface area contributed by atoms with Crippen LogP contribution in [0.2, 0.25) is 0 Å². The van der Waals surface area contributed by atoms with Crippen molar-refractivity contribution < 1.29 is 4.79 Å². The third-order valence-corrected chi connectivity index (χ3v) is 3.44. The molecule has 2 rings (SSSR count). The van der Waals surface area contributed by atoms with Crippen LogP contribution in [-0.4, -0.2) is 18.4 Å². The highest BCUT2D eigenvalue weighted by Crippen LogP contribution is 2.27. The van der Waals surface area contributed by atoms with E-state index in [0.717, 1.165) is 25.8 Å². The number of ketones is 1. The number of rotatable bonds is 1. The topological polar surface area (TPSA) is 29.1 Å². The lowest BCUT2D eigenvalue weighted by Gasteiger charge is -2.32. The highest BCUT2D eigenvalue weighted by Gasteiger charge is 2.30. The molecule has 1 N–H and O–H groups in total. The molecule has 2 aliphatic rings. The molecule has 2 heteroatoms. The van der Waals surface area contributed by atoms with Gasteiger partial charge in [0.05, 0.1) is 0 Å². The van der Waals surface area contributed by atoms with E-state index in [1.165, 1.54) is 25.7 Å². The lowest BCUT2D eigenvalue weighted by atomic mass is 9.80. The van der Waals surface area contributed by atoms with Gasteiger partial charge < -0.3 is 5.32 Å². The van der Waals surface area contributed by atoms with E-state index in [1.807, 2.05) is 0 Å². The van der Waals surface area contributed by atoms with E-state index in [0.29, 0.717) is 17.7 Å². The standard InChI is InChI=1S/C11H19NO/c13-11-7-2-1-5-9(11)10-6-3-4-8-12-10/h9-10,12H,1-8H2. The molecule has 13 heavy (non-hydrogen) atoms. The van der Waals surface area contributed by atoms with Gasteiger partial charge in [-0.15, -0.1) is 0 Å². The minimum Gasteiger partial charge on any atom is -0.313 e. The van der Waals surface area contributed by atoms with Gasteiger partial charge in [-0.2, -0.15) is 0 Å². The molecule has 0 spiro atoms. The Bertz CT molecular complexity index is 185. The van der Waals surface area contributed by atoms with E-state index in [9.17, 15) is 4.79 Å². The molecule has 1 heterocycles. The highest BCUT2D eigenvalue weighted by atomic mass is 16.1. The highest BCUT2D eigenvalue weighted by molar-refractivity contribution is 5.82. The summed E-state index contributed by atoms with van der Waals surface area (Å²) < 4.78 is 0. The normalized spacial score (nSPS) is 36.2. The van der Waals surface area contributed by atoms with Crippen LogP contribution in [0.4, 0.5) is 0 Å². The van der Waals surface area contributed by atoms with E-state index < -0.39 is 0 Å². The lowest BCUT2D eigenvalue weighted by molar-refractivity contribution is -0.125. The molecule has 0 aromatic carbocycles. The number of Topliss-reactive ketones (excluding diaryl/α,β-unsaturated/α-hetero) is 1. The summed E-state index contributed by atoms with van der Waals surface area (Å²) in [5.74, 6) is 0.875. The summed E-state index contributed by atoms with van der Waals surface area (Å²) in [7, 11) is 0. The summed E-state index contributed by atoms with van der Waals surface area (Å²) in [6.07, 6.45) is 8.17. The molecule has 2 fully saturated rings. The van der Waals surface area contributed by atoms with Crippen molar-refractivity contribution in [2.75, 3.05) is 6.54 Å². The zero-order valence-electron chi connectivity index (χ0n) is 8.22. The van der Waals surface area contributed by atoms with Crippen molar-refractivity contribution in [2.24, 2.45) is 5.92 Å². The molecule has 1 saturated carbocycles. The van der Waals surface area contributed by atoms with Gasteiger partial charge in [-0.3, -0.25) is 4.79 Å². The quantitative estimate of drug-likeness (QED) is 0.669. The van der Waals surface area contributed by atoms with Gasteiger partial charge >= 0.3 is 0 Å². The molecule has 0 aromatic rings. The average Bonchev–Trinajstić information content (AvgIpc) is 2.20. The molecular weight excluding hydrogens is 162 g/mol. The van der Waals surface area contributed by atoms with Crippen LogP contribution in [0.25, 0.3) is 0 Å². The van der Waals surface area contributed by atoms with Gasteiger partial charge in [0.25, 0.3) is 0 Å². The van der Waals surface area contributed by atoms with Crippen molar-refractivity contribution in [3.63, 3.8) is 0 Å². The molecule has 2 nitrogen and oxygen atoms in total. The Kier molecular flexibility index (Phi) is 2.99. The van der Waals surface area contributed by atoms with Gasteiger partial charge in [0.1, 0.15) is 5.78 Å². The molecule has 2 atom stereocenters. The Balaban J connectivity index is 1.92. The maximum absolute atomic E-state index is 11.7. The fourth-order valence-corrected chi connectivity index (χ4v) is 2.66. The molecule has 74 valence electrons. The molecular formula is C11H19NO. The Morgan fingerprint density at radius 1 is 1.08 bits per heavy atom. The first-order valence-corrected chi connectivity index (χ1v) is 5.64. The zero-order chi connectivity index (χ0) is 9.10. The summed E-state index contributed by atoms with van der Waals surface area (Å²) in [6, 6.07) is 0.515. The molecule has 1 aliphatic carbocycles. The molecule has 1 aliphatic heterocycles. The van der Waals surface area contributed by atoms with Crippen LogP contribution in [0.1, 0.15) is 44.9 Å². The number of piperidine rings is 1. The van der Waals surface area contributed by atoms with E-state index in [2.05, 4.69) is 5.32 Å². The van der Waals surface area contributed by atoms with Gasteiger partial charge in [-0.25, -0.2) is 0 Å². The van der Waals surface area contributed by atoms with Crippen LogP contribution in [0.5, 0.6) is 0 Å². The van der Waals surface area contributed by atoms with Gasteiger partial charge in [-0.1, -0.05) is 12.8 Å².